The van der Waals surface area contributed by atoms with Crippen LogP contribution in [0.3, 0.4) is 0 Å². The van der Waals surface area contributed by atoms with Crippen LogP contribution < -0.4 is 9.47 Å². The second-order valence-electron chi connectivity index (χ2n) is 9.46. The lowest BCUT2D eigenvalue weighted by Gasteiger charge is -2.43. The summed E-state index contributed by atoms with van der Waals surface area (Å²) in [6.07, 6.45) is 10.1. The number of piperazine rings is 2. The molecule has 0 unspecified atom stereocenters. The van der Waals surface area contributed by atoms with Crippen molar-refractivity contribution in [3.05, 3.63) is 28.2 Å². The number of halogens is 1. The Hall–Kier alpha value is -2.10. The number of benzene rings is 1. The second-order valence-corrected chi connectivity index (χ2v) is 10.3. The van der Waals surface area contributed by atoms with Gasteiger partial charge in [-0.3, -0.25) is 19.4 Å². The Kier molecular flexibility index (Phi) is 11.5. The number of carbonyl (C=O) groups excluding carboxylic acids is 2. The molecule has 200 valence electrons. The van der Waals surface area contributed by atoms with Crippen LogP contribution in [-0.2, 0) is 9.59 Å². The van der Waals surface area contributed by atoms with Gasteiger partial charge in [-0.1, -0.05) is 41.4 Å². The number of carbonyl (C=O) groups is 2. The van der Waals surface area contributed by atoms with Gasteiger partial charge in [0, 0.05) is 62.9 Å². The first kappa shape index (κ1) is 28.5. The van der Waals surface area contributed by atoms with Crippen LogP contribution in [0.4, 0.5) is 0 Å². The summed E-state index contributed by atoms with van der Waals surface area (Å²) >= 11 is 3.49. The van der Waals surface area contributed by atoms with Gasteiger partial charge < -0.3 is 19.3 Å². The molecular formula is C27H41BrN4O4. The van der Waals surface area contributed by atoms with Crippen LogP contribution in [-0.4, -0.2) is 111 Å². The third kappa shape index (κ3) is 7.95. The fourth-order valence-corrected chi connectivity index (χ4v) is 5.10. The molecule has 2 saturated heterocycles. The van der Waals surface area contributed by atoms with Crippen molar-refractivity contribution < 1.29 is 19.1 Å². The van der Waals surface area contributed by atoms with E-state index in [1.54, 1.807) is 19.1 Å². The summed E-state index contributed by atoms with van der Waals surface area (Å²) < 4.78 is 11.4. The first-order valence-electron chi connectivity index (χ1n) is 13.0. The van der Waals surface area contributed by atoms with Crippen LogP contribution in [0, 0.1) is 0 Å². The van der Waals surface area contributed by atoms with E-state index in [2.05, 4.69) is 44.8 Å². The zero-order chi connectivity index (χ0) is 25.9. The van der Waals surface area contributed by atoms with Crippen molar-refractivity contribution in [1.29, 1.82) is 0 Å². The Bertz CT molecular complexity index is 877. The Morgan fingerprint density at radius 1 is 1.00 bits per heavy atom. The summed E-state index contributed by atoms with van der Waals surface area (Å²) in [5, 5.41) is 0. The highest BCUT2D eigenvalue weighted by Crippen LogP contribution is 2.33. The van der Waals surface area contributed by atoms with Crippen molar-refractivity contribution in [2.75, 3.05) is 73.1 Å². The lowest BCUT2D eigenvalue weighted by atomic mass is 9.91. The van der Waals surface area contributed by atoms with Gasteiger partial charge in [0.1, 0.15) is 0 Å². The Balaban J connectivity index is 0.000000214. The number of amides is 2. The van der Waals surface area contributed by atoms with Gasteiger partial charge >= 0.3 is 0 Å². The van der Waals surface area contributed by atoms with Gasteiger partial charge in [-0.05, 0) is 37.0 Å². The fourth-order valence-electron chi connectivity index (χ4n) is 4.65. The summed E-state index contributed by atoms with van der Waals surface area (Å²) in [5.41, 5.74) is 1.09. The smallest absolute Gasteiger partial charge is 0.236 e. The average molecular weight is 566 g/mol. The van der Waals surface area contributed by atoms with E-state index in [0.29, 0.717) is 6.54 Å². The van der Waals surface area contributed by atoms with E-state index < -0.39 is 0 Å². The SMILES string of the molecule is CC/C=C/c1cc(OC)c(OC)cc1Br.O=CN1CCN(CC(=O)N2CCN(C3CCC3)CC2)CC1. The molecule has 9 heteroatoms. The molecule has 3 aliphatic rings. The zero-order valence-electron chi connectivity index (χ0n) is 22.0. The number of hydrogen-bond donors (Lipinski definition) is 0. The van der Waals surface area contributed by atoms with Gasteiger partial charge in [0.25, 0.3) is 0 Å². The van der Waals surface area contributed by atoms with Crippen molar-refractivity contribution in [2.24, 2.45) is 0 Å². The summed E-state index contributed by atoms with van der Waals surface area (Å²) in [5.74, 6) is 1.73. The molecule has 4 rings (SSSR count). The number of allylic oxidation sites excluding steroid dienone is 1. The number of methoxy groups -OCH3 is 2. The predicted octanol–water partition coefficient (Wildman–Crippen LogP) is 3.35. The van der Waals surface area contributed by atoms with E-state index in [4.69, 9.17) is 9.47 Å². The number of hydrogen-bond acceptors (Lipinski definition) is 6. The van der Waals surface area contributed by atoms with Crippen LogP contribution in [0.25, 0.3) is 6.08 Å². The first-order chi connectivity index (χ1) is 17.5. The second kappa shape index (κ2) is 14.6. The monoisotopic (exact) mass is 564 g/mol. The van der Waals surface area contributed by atoms with Gasteiger partial charge in [0.15, 0.2) is 11.5 Å². The molecule has 0 radical (unpaired) electrons. The lowest BCUT2D eigenvalue weighted by molar-refractivity contribution is -0.135. The molecule has 2 heterocycles. The zero-order valence-corrected chi connectivity index (χ0v) is 23.5. The number of nitrogens with zero attached hydrogens (tertiary/aromatic N) is 4. The van der Waals surface area contributed by atoms with E-state index >= 15 is 0 Å². The maximum atomic E-state index is 12.4. The standard InChI is InChI=1S/C15H26N4O2.C12H15BrO2/c20-13-17-6-4-16(5-7-17)12-15(21)19-10-8-18(9-11-19)14-2-1-3-14;1-4-5-6-9-7-11(14-2)12(15-3)8-10(9)13/h13-14H,1-12H2;5-8H,4H2,1-3H3/b;6-5+. The van der Waals surface area contributed by atoms with Crippen LogP contribution >= 0.6 is 15.9 Å². The van der Waals surface area contributed by atoms with E-state index in [1.807, 2.05) is 17.0 Å². The summed E-state index contributed by atoms with van der Waals surface area (Å²) in [4.78, 5) is 31.5. The summed E-state index contributed by atoms with van der Waals surface area (Å²) in [7, 11) is 3.27. The molecule has 0 bridgehead atoms. The van der Waals surface area contributed by atoms with Crippen LogP contribution in [0.2, 0.25) is 0 Å². The van der Waals surface area contributed by atoms with E-state index in [9.17, 15) is 9.59 Å². The highest BCUT2D eigenvalue weighted by molar-refractivity contribution is 9.10. The van der Waals surface area contributed by atoms with E-state index in [0.717, 1.165) is 92.8 Å². The molecule has 2 aliphatic heterocycles. The topological polar surface area (TPSA) is 65.6 Å². The Morgan fingerprint density at radius 3 is 2.17 bits per heavy atom. The van der Waals surface area contributed by atoms with Crippen molar-refractivity contribution in [2.45, 2.75) is 38.6 Å². The Morgan fingerprint density at radius 2 is 1.64 bits per heavy atom. The molecule has 1 aliphatic carbocycles. The minimum Gasteiger partial charge on any atom is -0.493 e. The van der Waals surface area contributed by atoms with Gasteiger partial charge in [-0.25, -0.2) is 0 Å². The van der Waals surface area contributed by atoms with E-state index in [1.165, 1.54) is 19.3 Å². The molecule has 0 atom stereocenters. The molecule has 36 heavy (non-hydrogen) atoms. The van der Waals surface area contributed by atoms with Gasteiger partial charge in [0.2, 0.25) is 12.3 Å². The molecule has 1 aromatic rings. The quantitative estimate of drug-likeness (QED) is 0.451. The molecule has 1 saturated carbocycles. The maximum absolute atomic E-state index is 12.4. The maximum Gasteiger partial charge on any atom is 0.236 e. The molecule has 2 amide bonds. The number of ether oxygens (including phenoxy) is 2. The molecular weight excluding hydrogens is 524 g/mol. The molecule has 0 aromatic heterocycles. The van der Waals surface area contributed by atoms with Crippen molar-refractivity contribution in [3.63, 3.8) is 0 Å². The van der Waals surface area contributed by atoms with E-state index in [-0.39, 0.29) is 5.91 Å². The van der Waals surface area contributed by atoms with Crippen LogP contribution in [0.1, 0.15) is 38.2 Å². The van der Waals surface area contributed by atoms with Gasteiger partial charge in [-0.15, -0.1) is 0 Å². The third-order valence-corrected chi connectivity index (χ3v) is 7.90. The van der Waals surface area contributed by atoms with Gasteiger partial charge in [-0.2, -0.15) is 0 Å². The molecule has 0 N–H and O–H groups in total. The summed E-state index contributed by atoms with van der Waals surface area (Å²) in [6, 6.07) is 4.65. The molecule has 3 fully saturated rings. The largest absolute Gasteiger partial charge is 0.493 e. The fraction of sp³-hybridized carbons (Fsp3) is 0.630. The molecule has 0 spiro atoms. The predicted molar refractivity (Wildman–Crippen MR) is 146 cm³/mol. The van der Waals surface area contributed by atoms with Crippen molar-refractivity contribution >= 4 is 34.3 Å². The minimum atomic E-state index is 0.253. The highest BCUT2D eigenvalue weighted by atomic mass is 79.9. The summed E-state index contributed by atoms with van der Waals surface area (Å²) in [6.45, 7) is 9.55. The normalized spacial score (nSPS) is 19.4. The first-order valence-corrected chi connectivity index (χ1v) is 13.8. The molecule has 8 nitrogen and oxygen atoms in total. The van der Waals surface area contributed by atoms with Crippen molar-refractivity contribution in [3.8, 4) is 11.5 Å². The Labute approximate surface area is 224 Å². The van der Waals surface area contributed by atoms with Gasteiger partial charge in [0.05, 0.1) is 20.8 Å². The third-order valence-electron chi connectivity index (χ3n) is 7.21. The average Bonchev–Trinajstić information content (AvgIpc) is 2.88. The number of rotatable bonds is 8. The van der Waals surface area contributed by atoms with Crippen molar-refractivity contribution in [1.82, 2.24) is 19.6 Å². The lowest BCUT2D eigenvalue weighted by Crippen LogP contribution is -2.56. The van der Waals surface area contributed by atoms with Crippen LogP contribution in [0.5, 0.6) is 11.5 Å². The minimum absolute atomic E-state index is 0.253. The molecule has 1 aromatic carbocycles. The highest BCUT2D eigenvalue weighted by Gasteiger charge is 2.30. The van der Waals surface area contributed by atoms with Crippen LogP contribution in [0.15, 0.2) is 22.7 Å².